The summed E-state index contributed by atoms with van der Waals surface area (Å²) in [4.78, 5) is 23.6. The summed E-state index contributed by atoms with van der Waals surface area (Å²) in [5, 5.41) is 0.885. The van der Waals surface area contributed by atoms with Crippen LogP contribution in [0.25, 0.3) is 27.7 Å². The van der Waals surface area contributed by atoms with E-state index in [2.05, 4.69) is 33.9 Å². The molecule has 0 fully saturated rings. The minimum atomic E-state index is -3.10. The van der Waals surface area contributed by atoms with Crippen LogP contribution in [0.15, 0.2) is 60.9 Å². The molecule has 5 rings (SSSR count). The summed E-state index contributed by atoms with van der Waals surface area (Å²) in [7, 11) is 1.96. The summed E-state index contributed by atoms with van der Waals surface area (Å²) in [5.41, 5.74) is 10.8. The van der Waals surface area contributed by atoms with Gasteiger partial charge in [-0.3, -0.25) is 9.69 Å². The van der Waals surface area contributed by atoms with E-state index in [0.29, 0.717) is 12.1 Å². The monoisotopic (exact) mass is 504 g/mol. The van der Waals surface area contributed by atoms with Crippen LogP contribution in [0.3, 0.4) is 0 Å². The first-order chi connectivity index (χ1) is 20.2. The summed E-state index contributed by atoms with van der Waals surface area (Å²) in [5.74, 6) is -1.79. The first kappa shape index (κ1) is 18.2. The highest BCUT2D eigenvalue weighted by Crippen LogP contribution is 2.34. The summed E-state index contributed by atoms with van der Waals surface area (Å²) in [6.45, 7) is -2.65. The van der Waals surface area contributed by atoms with E-state index in [-0.39, 0.29) is 22.3 Å². The number of carbonyl (C=O) groups is 1. The van der Waals surface area contributed by atoms with Crippen molar-refractivity contribution < 1.29 is 17.4 Å². The summed E-state index contributed by atoms with van der Waals surface area (Å²) in [6.07, 6.45) is 6.10. The van der Waals surface area contributed by atoms with Gasteiger partial charge in [0.25, 0.3) is 5.91 Å². The molecule has 4 heterocycles. The number of benzene rings is 1. The molecule has 1 aliphatic heterocycles. The van der Waals surface area contributed by atoms with E-state index in [1.807, 2.05) is 17.7 Å². The summed E-state index contributed by atoms with van der Waals surface area (Å²) >= 11 is 0. The zero-order chi connectivity index (χ0) is 31.3. The van der Waals surface area contributed by atoms with Crippen molar-refractivity contribution in [1.29, 1.82) is 0 Å². The number of hydrogen-bond acceptors (Lipinski definition) is 5. The van der Waals surface area contributed by atoms with Crippen LogP contribution < -0.4 is 5.73 Å². The lowest BCUT2D eigenvalue weighted by molar-refractivity contribution is 0.0827. The standard InChI is InChI=1S/C29H31FN6O/c1-18(36-13-10-20(11-14-36)19-5-7-21(8-6-19)29(37)34(2)3)26-16-24-23(9-12-32-28(24)35(26)4)22-15-25(30)27(31)33-17-22/h5-10,12,15-18H,11,13-14H2,1-4H3,(H2,31,33)/t18-/m0/s1/i2D3,3D3. The summed E-state index contributed by atoms with van der Waals surface area (Å²) < 4.78 is 61.2. The fourth-order valence-electron chi connectivity index (χ4n) is 4.93. The number of pyridine rings is 2. The van der Waals surface area contributed by atoms with Crippen LogP contribution in [0, 0.1) is 5.82 Å². The molecule has 2 N–H and O–H groups in total. The van der Waals surface area contributed by atoms with Gasteiger partial charge in [0.05, 0.1) is 0 Å². The van der Waals surface area contributed by atoms with Crippen LogP contribution in [0.1, 0.15) is 49.2 Å². The number of amides is 1. The van der Waals surface area contributed by atoms with E-state index in [1.165, 1.54) is 18.2 Å². The number of halogens is 1. The van der Waals surface area contributed by atoms with Crippen molar-refractivity contribution >= 4 is 28.3 Å². The Labute approximate surface area is 224 Å². The fraction of sp³-hybridized carbons (Fsp3) is 0.276. The van der Waals surface area contributed by atoms with Gasteiger partial charge in [-0.2, -0.15) is 0 Å². The minimum Gasteiger partial charge on any atom is -0.381 e. The Morgan fingerprint density at radius 2 is 1.95 bits per heavy atom. The highest BCUT2D eigenvalue weighted by Gasteiger charge is 2.23. The minimum absolute atomic E-state index is 0.0103. The second-order valence-electron chi connectivity index (χ2n) is 9.18. The molecule has 8 heteroatoms. The van der Waals surface area contributed by atoms with Crippen molar-refractivity contribution in [3.8, 4) is 11.1 Å². The Morgan fingerprint density at radius 1 is 1.16 bits per heavy atom. The van der Waals surface area contributed by atoms with Gasteiger partial charge in [-0.15, -0.1) is 0 Å². The van der Waals surface area contributed by atoms with Crippen molar-refractivity contribution in [2.75, 3.05) is 32.8 Å². The molecule has 4 aromatic rings. The van der Waals surface area contributed by atoms with Crippen molar-refractivity contribution in [3.05, 3.63) is 83.6 Å². The Bertz CT molecular complexity index is 1700. The number of aromatic nitrogens is 3. The van der Waals surface area contributed by atoms with Crippen LogP contribution in [0.5, 0.6) is 0 Å². The molecule has 1 amide bonds. The number of nitrogens with two attached hydrogens (primary N) is 1. The van der Waals surface area contributed by atoms with Crippen molar-refractivity contribution in [1.82, 2.24) is 24.3 Å². The van der Waals surface area contributed by atoms with Gasteiger partial charge in [-0.05, 0) is 60.4 Å². The quantitative estimate of drug-likeness (QED) is 0.418. The van der Waals surface area contributed by atoms with Gasteiger partial charge < -0.3 is 15.2 Å². The largest absolute Gasteiger partial charge is 0.381 e. The molecule has 0 aliphatic carbocycles. The third kappa shape index (κ3) is 4.60. The lowest BCUT2D eigenvalue weighted by atomic mass is 9.97. The van der Waals surface area contributed by atoms with Gasteiger partial charge in [-0.1, -0.05) is 18.2 Å². The average Bonchev–Trinajstić information content (AvgIpc) is 3.29. The van der Waals surface area contributed by atoms with E-state index >= 15 is 0 Å². The third-order valence-corrected chi connectivity index (χ3v) is 7.07. The maximum Gasteiger partial charge on any atom is 0.253 e. The molecule has 0 radical (unpaired) electrons. The van der Waals surface area contributed by atoms with Crippen molar-refractivity contribution in [3.63, 3.8) is 0 Å². The number of rotatable bonds is 5. The van der Waals surface area contributed by atoms with Crippen molar-refractivity contribution in [2.24, 2.45) is 7.05 Å². The smallest absolute Gasteiger partial charge is 0.253 e. The van der Waals surface area contributed by atoms with E-state index < -0.39 is 25.7 Å². The molecule has 1 aromatic carbocycles. The number of carbonyl (C=O) groups excluding carboxylic acids is 1. The molecule has 37 heavy (non-hydrogen) atoms. The second kappa shape index (κ2) is 9.78. The molecular formula is C29H31FN6O. The van der Waals surface area contributed by atoms with E-state index in [0.717, 1.165) is 46.4 Å². The molecule has 0 saturated carbocycles. The van der Waals surface area contributed by atoms with Crippen LogP contribution in [0.2, 0.25) is 0 Å². The number of hydrogen-bond donors (Lipinski definition) is 1. The Kier molecular flexibility index (Phi) is 4.82. The number of anilines is 1. The second-order valence-corrected chi connectivity index (χ2v) is 9.18. The zero-order valence-electron chi connectivity index (χ0n) is 26.6. The molecule has 1 atom stereocenters. The number of nitrogen functional groups attached to an aromatic ring is 1. The molecule has 0 bridgehead atoms. The van der Waals surface area contributed by atoms with E-state index in [4.69, 9.17) is 14.0 Å². The third-order valence-electron chi connectivity index (χ3n) is 7.07. The SMILES string of the molecule is [2H]C([2H])([2H])N(C(=O)c1ccc(C2=CCN([C@@H](C)c3cc4c(-c5cnc(N)c(F)c5)ccnc4n3C)CC2)cc1)C([2H])([2H])[2H]. The van der Waals surface area contributed by atoms with E-state index in [9.17, 15) is 9.18 Å². The topological polar surface area (TPSA) is 80.3 Å². The molecule has 3 aromatic heterocycles. The fourth-order valence-corrected chi connectivity index (χ4v) is 4.93. The average molecular weight is 505 g/mol. The van der Waals surface area contributed by atoms with Gasteiger partial charge in [-0.25, -0.2) is 14.4 Å². The van der Waals surface area contributed by atoms with Crippen LogP contribution in [0.4, 0.5) is 10.2 Å². The molecular weight excluding hydrogens is 467 g/mol. The molecule has 7 nitrogen and oxygen atoms in total. The normalized spacial score (nSPS) is 18.1. The Hall–Kier alpha value is -4.04. The van der Waals surface area contributed by atoms with Gasteiger partial charge >= 0.3 is 0 Å². The first-order valence-corrected chi connectivity index (χ1v) is 11.9. The number of nitrogens with zero attached hydrogens (tertiary/aromatic N) is 5. The summed E-state index contributed by atoms with van der Waals surface area (Å²) in [6, 6.07) is 11.7. The number of fused-ring (bicyclic) bond motifs is 1. The molecule has 0 unspecified atom stereocenters. The van der Waals surface area contributed by atoms with Crippen LogP contribution in [-0.2, 0) is 7.05 Å². The van der Waals surface area contributed by atoms with E-state index in [1.54, 1.807) is 24.5 Å². The van der Waals surface area contributed by atoms with Gasteiger partial charge in [0.1, 0.15) is 5.65 Å². The van der Waals surface area contributed by atoms with Crippen LogP contribution >= 0.6 is 0 Å². The lowest BCUT2D eigenvalue weighted by Gasteiger charge is -2.32. The highest BCUT2D eigenvalue weighted by atomic mass is 19.1. The molecule has 0 spiro atoms. The Balaban J connectivity index is 1.34. The number of aryl methyl sites for hydroxylation is 1. The maximum absolute atomic E-state index is 14.2. The Morgan fingerprint density at radius 3 is 2.62 bits per heavy atom. The van der Waals surface area contributed by atoms with Crippen molar-refractivity contribution in [2.45, 2.75) is 19.4 Å². The first-order valence-electron chi connectivity index (χ1n) is 14.9. The van der Waals surface area contributed by atoms with Gasteiger partial charge in [0, 0.05) is 83.0 Å². The predicted octanol–water partition coefficient (Wildman–Crippen LogP) is 4.91. The van der Waals surface area contributed by atoms with Gasteiger partial charge in [0.2, 0.25) is 0 Å². The van der Waals surface area contributed by atoms with Gasteiger partial charge in [0.15, 0.2) is 11.6 Å². The molecule has 1 aliphatic rings. The zero-order valence-corrected chi connectivity index (χ0v) is 20.6. The lowest BCUT2D eigenvalue weighted by Crippen LogP contribution is -2.32. The molecule has 190 valence electrons. The van der Waals surface area contributed by atoms with Crippen LogP contribution in [-0.4, -0.2) is 57.3 Å². The highest BCUT2D eigenvalue weighted by molar-refractivity contribution is 5.94. The predicted molar refractivity (Wildman–Crippen MR) is 145 cm³/mol. The maximum atomic E-state index is 14.2. The molecule has 0 saturated heterocycles.